The highest BCUT2D eigenvalue weighted by molar-refractivity contribution is 7.09. The van der Waals surface area contributed by atoms with E-state index in [2.05, 4.69) is 34.5 Å². The van der Waals surface area contributed by atoms with Crippen LogP contribution in [0.3, 0.4) is 0 Å². The number of hydrogen-bond donors (Lipinski definition) is 2. The van der Waals surface area contributed by atoms with E-state index < -0.39 is 0 Å². The van der Waals surface area contributed by atoms with Crippen molar-refractivity contribution in [2.24, 2.45) is 10.9 Å². The first-order valence-electron chi connectivity index (χ1n) is 5.97. The topological polar surface area (TPSA) is 49.3 Å². The van der Waals surface area contributed by atoms with E-state index in [-0.39, 0.29) is 0 Å². The van der Waals surface area contributed by atoms with Crippen molar-refractivity contribution in [2.75, 3.05) is 13.6 Å². The molecule has 2 N–H and O–H groups in total. The summed E-state index contributed by atoms with van der Waals surface area (Å²) in [6.07, 6.45) is 1.15. The zero-order valence-corrected chi connectivity index (χ0v) is 11.9. The van der Waals surface area contributed by atoms with E-state index in [0.29, 0.717) is 5.92 Å². The molecule has 0 atom stereocenters. The van der Waals surface area contributed by atoms with Crippen LogP contribution in [0.15, 0.2) is 10.5 Å². The third-order valence-corrected chi connectivity index (χ3v) is 3.43. The Morgan fingerprint density at radius 2 is 2.24 bits per heavy atom. The molecular weight excluding hydrogens is 232 g/mol. The molecule has 0 aliphatic carbocycles. The molecule has 1 aromatic heterocycles. The molecule has 0 fully saturated rings. The third kappa shape index (κ3) is 5.17. The standard InChI is InChI=1S/C12H22N4S/c1-9(2)5-6-14-12(13-4)15-7-11-10(3)16-8-17-11/h8-9H,5-7H2,1-4H3,(H2,13,14,15). The zero-order valence-electron chi connectivity index (χ0n) is 11.1. The maximum Gasteiger partial charge on any atom is 0.191 e. The highest BCUT2D eigenvalue weighted by Crippen LogP contribution is 2.10. The molecule has 5 heteroatoms. The molecule has 0 radical (unpaired) electrons. The van der Waals surface area contributed by atoms with E-state index >= 15 is 0 Å². The molecule has 1 heterocycles. The van der Waals surface area contributed by atoms with Gasteiger partial charge in [0.05, 0.1) is 17.7 Å². The summed E-state index contributed by atoms with van der Waals surface area (Å²) in [6, 6.07) is 0. The van der Waals surface area contributed by atoms with Crippen molar-refractivity contribution >= 4 is 17.3 Å². The molecule has 0 aliphatic rings. The Morgan fingerprint density at radius 3 is 2.76 bits per heavy atom. The van der Waals surface area contributed by atoms with Crippen molar-refractivity contribution in [3.8, 4) is 0 Å². The van der Waals surface area contributed by atoms with Crippen LogP contribution < -0.4 is 10.6 Å². The first-order chi connectivity index (χ1) is 8.13. The van der Waals surface area contributed by atoms with Crippen LogP contribution in [-0.2, 0) is 6.54 Å². The van der Waals surface area contributed by atoms with Crippen LogP contribution in [0.5, 0.6) is 0 Å². The van der Waals surface area contributed by atoms with Crippen LogP contribution in [0, 0.1) is 12.8 Å². The van der Waals surface area contributed by atoms with Crippen LogP contribution in [0.2, 0.25) is 0 Å². The molecule has 0 saturated carbocycles. The average molecular weight is 254 g/mol. The van der Waals surface area contributed by atoms with Gasteiger partial charge in [0.2, 0.25) is 0 Å². The molecule has 0 aromatic carbocycles. The monoisotopic (exact) mass is 254 g/mol. The summed E-state index contributed by atoms with van der Waals surface area (Å²) >= 11 is 1.67. The number of rotatable bonds is 5. The van der Waals surface area contributed by atoms with Crippen molar-refractivity contribution < 1.29 is 0 Å². The Kier molecular flexibility index (Phi) is 5.97. The number of aromatic nitrogens is 1. The summed E-state index contributed by atoms with van der Waals surface area (Å²) in [6.45, 7) is 8.22. The molecule has 0 amide bonds. The van der Waals surface area contributed by atoms with Crippen LogP contribution in [0.25, 0.3) is 0 Å². The summed E-state index contributed by atoms with van der Waals surface area (Å²) in [7, 11) is 1.80. The SMILES string of the molecule is CN=C(NCCC(C)C)NCc1scnc1C. The van der Waals surface area contributed by atoms with Crippen molar-refractivity contribution in [1.82, 2.24) is 15.6 Å². The highest BCUT2D eigenvalue weighted by Gasteiger charge is 2.03. The molecule has 0 unspecified atom stereocenters. The van der Waals surface area contributed by atoms with E-state index in [9.17, 15) is 0 Å². The Balaban J connectivity index is 2.31. The Morgan fingerprint density at radius 1 is 1.47 bits per heavy atom. The molecule has 4 nitrogen and oxygen atoms in total. The molecule has 0 saturated heterocycles. The minimum Gasteiger partial charge on any atom is -0.356 e. The summed E-state index contributed by atoms with van der Waals surface area (Å²) in [4.78, 5) is 9.68. The quantitative estimate of drug-likeness (QED) is 0.625. The molecule has 1 rings (SSSR count). The van der Waals surface area contributed by atoms with Gasteiger partial charge >= 0.3 is 0 Å². The second-order valence-electron chi connectivity index (χ2n) is 4.40. The van der Waals surface area contributed by atoms with Gasteiger partial charge in [-0.15, -0.1) is 11.3 Å². The van der Waals surface area contributed by atoms with Gasteiger partial charge in [-0.05, 0) is 19.3 Å². The van der Waals surface area contributed by atoms with Crippen molar-refractivity contribution in [3.05, 3.63) is 16.1 Å². The lowest BCUT2D eigenvalue weighted by molar-refractivity contribution is 0.573. The van der Waals surface area contributed by atoms with E-state index in [1.807, 2.05) is 12.4 Å². The van der Waals surface area contributed by atoms with Crippen LogP contribution >= 0.6 is 11.3 Å². The van der Waals surface area contributed by atoms with Gasteiger partial charge in [0.1, 0.15) is 0 Å². The molecular formula is C12H22N4S. The van der Waals surface area contributed by atoms with Gasteiger partial charge in [0.15, 0.2) is 5.96 Å². The van der Waals surface area contributed by atoms with E-state index in [0.717, 1.165) is 31.2 Å². The van der Waals surface area contributed by atoms with Crippen LogP contribution in [-0.4, -0.2) is 24.5 Å². The summed E-state index contributed by atoms with van der Waals surface area (Å²) < 4.78 is 0. The fourth-order valence-electron chi connectivity index (χ4n) is 1.36. The average Bonchev–Trinajstić information content (AvgIpc) is 2.68. The van der Waals surface area contributed by atoms with Crippen molar-refractivity contribution in [2.45, 2.75) is 33.7 Å². The molecule has 0 spiro atoms. The number of nitrogens with one attached hydrogen (secondary N) is 2. The highest BCUT2D eigenvalue weighted by atomic mass is 32.1. The maximum atomic E-state index is 4.22. The molecule has 0 aliphatic heterocycles. The first kappa shape index (κ1) is 14.0. The fraction of sp³-hybridized carbons (Fsp3) is 0.667. The minimum atomic E-state index is 0.712. The Hall–Kier alpha value is -1.10. The molecule has 17 heavy (non-hydrogen) atoms. The normalized spacial score (nSPS) is 11.9. The summed E-state index contributed by atoms with van der Waals surface area (Å²) in [5, 5.41) is 6.60. The largest absolute Gasteiger partial charge is 0.356 e. The van der Waals surface area contributed by atoms with E-state index in [1.54, 1.807) is 18.4 Å². The zero-order chi connectivity index (χ0) is 12.7. The summed E-state index contributed by atoms with van der Waals surface area (Å²) in [5.74, 6) is 1.57. The van der Waals surface area contributed by atoms with Gasteiger partial charge in [0, 0.05) is 18.5 Å². The van der Waals surface area contributed by atoms with Gasteiger partial charge in [-0.1, -0.05) is 13.8 Å². The second-order valence-corrected chi connectivity index (χ2v) is 5.34. The molecule has 96 valence electrons. The van der Waals surface area contributed by atoms with Gasteiger partial charge in [-0.25, -0.2) is 4.98 Å². The number of aliphatic imine (C=N–C) groups is 1. The van der Waals surface area contributed by atoms with E-state index in [1.165, 1.54) is 4.88 Å². The number of thiazole rings is 1. The fourth-order valence-corrected chi connectivity index (χ4v) is 2.08. The first-order valence-corrected chi connectivity index (χ1v) is 6.85. The smallest absolute Gasteiger partial charge is 0.191 e. The summed E-state index contributed by atoms with van der Waals surface area (Å²) in [5.41, 5.74) is 2.97. The minimum absolute atomic E-state index is 0.712. The van der Waals surface area contributed by atoms with Gasteiger partial charge in [0.25, 0.3) is 0 Å². The Labute approximate surface area is 108 Å². The maximum absolute atomic E-state index is 4.22. The van der Waals surface area contributed by atoms with E-state index in [4.69, 9.17) is 0 Å². The van der Waals surface area contributed by atoms with Gasteiger partial charge in [-0.2, -0.15) is 0 Å². The van der Waals surface area contributed by atoms with Crippen molar-refractivity contribution in [3.63, 3.8) is 0 Å². The predicted molar refractivity (Wildman–Crippen MR) is 74.5 cm³/mol. The van der Waals surface area contributed by atoms with Crippen LogP contribution in [0.4, 0.5) is 0 Å². The number of hydrogen-bond acceptors (Lipinski definition) is 3. The van der Waals surface area contributed by atoms with Crippen molar-refractivity contribution in [1.29, 1.82) is 0 Å². The number of nitrogens with zero attached hydrogens (tertiary/aromatic N) is 2. The lowest BCUT2D eigenvalue weighted by Crippen LogP contribution is -2.37. The number of guanidine groups is 1. The lowest BCUT2D eigenvalue weighted by atomic mass is 10.1. The Bertz CT molecular complexity index is 357. The molecule has 0 bridgehead atoms. The lowest BCUT2D eigenvalue weighted by Gasteiger charge is -2.12. The van der Waals surface area contributed by atoms with Crippen LogP contribution in [0.1, 0.15) is 30.8 Å². The molecule has 1 aromatic rings. The third-order valence-electron chi connectivity index (χ3n) is 2.50. The number of aryl methyl sites for hydroxylation is 1. The van der Waals surface area contributed by atoms with Gasteiger partial charge < -0.3 is 10.6 Å². The predicted octanol–water partition coefficient (Wildman–Crippen LogP) is 2.16. The second kappa shape index (κ2) is 7.27. The van der Waals surface area contributed by atoms with Gasteiger partial charge in [-0.3, -0.25) is 4.99 Å².